The van der Waals surface area contributed by atoms with Gasteiger partial charge in [0.2, 0.25) is 0 Å². The molecule has 30 heavy (non-hydrogen) atoms. The highest BCUT2D eigenvalue weighted by Crippen LogP contribution is 2.28. The highest BCUT2D eigenvalue weighted by molar-refractivity contribution is 5.91. The molecule has 1 aromatic carbocycles. The number of nitrogens with zero attached hydrogens (tertiary/aromatic N) is 7. The Kier molecular flexibility index (Phi) is 4.98. The van der Waals surface area contributed by atoms with Crippen molar-refractivity contribution >= 4 is 17.0 Å². The lowest BCUT2D eigenvalue weighted by atomic mass is 10.1. The maximum absolute atomic E-state index is 11.6. The molecule has 0 saturated heterocycles. The average Bonchev–Trinajstić information content (AvgIpc) is 3.42. The Hall–Kier alpha value is -3.69. The predicted molar refractivity (Wildman–Crippen MR) is 109 cm³/mol. The molecule has 1 N–H and O–H groups in total. The summed E-state index contributed by atoms with van der Waals surface area (Å²) >= 11 is 0. The zero-order valence-electron chi connectivity index (χ0n) is 17.1. The summed E-state index contributed by atoms with van der Waals surface area (Å²) in [6.45, 7) is 6.76. The smallest absolute Gasteiger partial charge is 0.408 e. The van der Waals surface area contributed by atoms with Gasteiger partial charge >= 0.3 is 6.09 Å². The normalized spacial score (nSPS) is 11.8. The van der Waals surface area contributed by atoms with E-state index in [9.17, 15) is 9.90 Å². The molecule has 3 heterocycles. The Labute approximate surface area is 172 Å². The van der Waals surface area contributed by atoms with Crippen molar-refractivity contribution in [3.63, 3.8) is 0 Å². The van der Waals surface area contributed by atoms with Crippen LogP contribution in [-0.2, 0) is 19.6 Å². The van der Waals surface area contributed by atoms with Crippen molar-refractivity contribution in [1.29, 1.82) is 0 Å². The maximum atomic E-state index is 11.6. The Morgan fingerprint density at radius 2 is 2.03 bits per heavy atom. The van der Waals surface area contributed by atoms with Gasteiger partial charge in [-0.05, 0) is 26.8 Å². The van der Waals surface area contributed by atoms with Crippen molar-refractivity contribution in [2.45, 2.75) is 45.9 Å². The Morgan fingerprint density at radius 3 is 2.73 bits per heavy atom. The molecule has 1 amide bonds. The van der Waals surface area contributed by atoms with Gasteiger partial charge in [0.05, 0.1) is 24.9 Å². The Morgan fingerprint density at radius 1 is 1.23 bits per heavy atom. The molecule has 0 radical (unpaired) electrons. The van der Waals surface area contributed by atoms with Gasteiger partial charge in [0, 0.05) is 29.9 Å². The van der Waals surface area contributed by atoms with Gasteiger partial charge in [-0.15, -0.1) is 0 Å². The van der Waals surface area contributed by atoms with Crippen molar-refractivity contribution in [2.75, 3.05) is 0 Å². The third-order valence-corrected chi connectivity index (χ3v) is 4.79. The predicted octanol–water partition coefficient (Wildman–Crippen LogP) is 3.26. The van der Waals surface area contributed by atoms with E-state index >= 15 is 0 Å². The van der Waals surface area contributed by atoms with E-state index in [1.54, 1.807) is 12.5 Å². The van der Waals surface area contributed by atoms with Gasteiger partial charge in [0.15, 0.2) is 5.82 Å². The third kappa shape index (κ3) is 3.88. The van der Waals surface area contributed by atoms with E-state index in [1.165, 1.54) is 4.90 Å². The minimum atomic E-state index is -1.04. The number of benzene rings is 1. The molecule has 0 aliphatic rings. The van der Waals surface area contributed by atoms with Crippen LogP contribution in [0.3, 0.4) is 0 Å². The molecule has 0 unspecified atom stereocenters. The summed E-state index contributed by atoms with van der Waals surface area (Å²) in [7, 11) is 0. The fraction of sp³-hybridized carbons (Fsp3) is 0.350. The van der Waals surface area contributed by atoms with Crippen LogP contribution in [-0.4, -0.2) is 51.1 Å². The van der Waals surface area contributed by atoms with Crippen molar-refractivity contribution in [3.05, 3.63) is 48.8 Å². The standard InChI is InChI=1S/C20H23N7O3/c1-20(2,3)26(19(28)29)12-16-22-18(30-24-16)17-14-6-4-5-7-15(14)23-27(17)11-10-25-9-8-21-13-25/h4-9,13H,10-12H2,1-3H3,(H,28,29). The monoisotopic (exact) mass is 409 g/mol. The summed E-state index contributed by atoms with van der Waals surface area (Å²) in [4.78, 5) is 21.4. The minimum Gasteiger partial charge on any atom is -0.465 e. The number of amides is 1. The van der Waals surface area contributed by atoms with E-state index in [0.717, 1.165) is 10.9 Å². The number of aromatic nitrogens is 6. The molecule has 4 rings (SSSR count). The van der Waals surface area contributed by atoms with E-state index in [1.807, 2.05) is 60.5 Å². The lowest BCUT2D eigenvalue weighted by Gasteiger charge is -2.31. The van der Waals surface area contributed by atoms with Gasteiger partial charge in [-0.3, -0.25) is 9.58 Å². The number of hydrogen-bond donors (Lipinski definition) is 1. The van der Waals surface area contributed by atoms with Gasteiger partial charge in [-0.1, -0.05) is 23.4 Å². The maximum Gasteiger partial charge on any atom is 0.408 e. The molecule has 4 aromatic rings. The van der Waals surface area contributed by atoms with E-state index in [0.29, 0.717) is 30.5 Å². The largest absolute Gasteiger partial charge is 0.465 e. The highest BCUT2D eigenvalue weighted by Gasteiger charge is 2.28. The first-order valence-electron chi connectivity index (χ1n) is 9.58. The number of rotatable bonds is 6. The van der Waals surface area contributed by atoms with Crippen LogP contribution in [0.1, 0.15) is 26.6 Å². The summed E-state index contributed by atoms with van der Waals surface area (Å²) in [5, 5.41) is 19.1. The van der Waals surface area contributed by atoms with Crippen LogP contribution in [0.5, 0.6) is 0 Å². The van der Waals surface area contributed by atoms with Crippen LogP contribution in [0.4, 0.5) is 4.79 Å². The number of hydrogen-bond acceptors (Lipinski definition) is 6. The van der Waals surface area contributed by atoms with Gasteiger partial charge < -0.3 is 14.2 Å². The first-order chi connectivity index (χ1) is 14.3. The summed E-state index contributed by atoms with van der Waals surface area (Å²) in [6.07, 6.45) is 4.33. The van der Waals surface area contributed by atoms with Gasteiger partial charge in [0.25, 0.3) is 5.89 Å². The van der Waals surface area contributed by atoms with E-state index in [2.05, 4.69) is 20.2 Å². The van der Waals surface area contributed by atoms with Crippen LogP contribution >= 0.6 is 0 Å². The molecule has 10 nitrogen and oxygen atoms in total. The molecule has 0 aliphatic carbocycles. The van der Waals surface area contributed by atoms with E-state index in [4.69, 9.17) is 4.52 Å². The van der Waals surface area contributed by atoms with Crippen LogP contribution in [0.15, 0.2) is 47.5 Å². The van der Waals surface area contributed by atoms with E-state index in [-0.39, 0.29) is 6.54 Å². The second-order valence-corrected chi connectivity index (χ2v) is 7.94. The summed E-state index contributed by atoms with van der Waals surface area (Å²) in [6, 6.07) is 7.73. The minimum absolute atomic E-state index is 0.0312. The zero-order valence-corrected chi connectivity index (χ0v) is 17.1. The SMILES string of the molecule is CC(C)(C)N(Cc1noc(-c2c3ccccc3nn2CCn2ccnc2)n1)C(=O)O. The zero-order chi connectivity index (χ0) is 21.3. The van der Waals surface area contributed by atoms with Crippen molar-refractivity contribution in [2.24, 2.45) is 0 Å². The third-order valence-electron chi connectivity index (χ3n) is 4.79. The lowest BCUT2D eigenvalue weighted by Crippen LogP contribution is -2.44. The Balaban J connectivity index is 1.67. The summed E-state index contributed by atoms with van der Waals surface area (Å²) in [5.41, 5.74) is 0.938. The molecule has 0 aliphatic heterocycles. The molecular formula is C20H23N7O3. The van der Waals surface area contributed by atoms with Crippen LogP contribution in [0.2, 0.25) is 0 Å². The second-order valence-electron chi connectivity index (χ2n) is 7.94. The molecule has 0 fully saturated rings. The molecular weight excluding hydrogens is 386 g/mol. The van der Waals surface area contributed by atoms with Crippen molar-refractivity contribution < 1.29 is 14.4 Å². The number of carboxylic acid groups (broad SMARTS) is 1. The van der Waals surface area contributed by atoms with Crippen molar-refractivity contribution in [3.8, 4) is 11.6 Å². The van der Waals surface area contributed by atoms with Gasteiger partial charge in [-0.2, -0.15) is 10.1 Å². The molecule has 3 aromatic heterocycles. The molecule has 0 saturated carbocycles. The average molecular weight is 409 g/mol. The molecule has 10 heteroatoms. The fourth-order valence-corrected chi connectivity index (χ4v) is 3.24. The molecule has 0 atom stereocenters. The van der Waals surface area contributed by atoms with Gasteiger partial charge in [0.1, 0.15) is 5.69 Å². The van der Waals surface area contributed by atoms with E-state index < -0.39 is 11.6 Å². The fourth-order valence-electron chi connectivity index (χ4n) is 3.24. The van der Waals surface area contributed by atoms with Crippen LogP contribution in [0, 0.1) is 0 Å². The number of aryl methyl sites for hydroxylation is 2. The highest BCUT2D eigenvalue weighted by atomic mass is 16.5. The van der Waals surface area contributed by atoms with Crippen LogP contribution < -0.4 is 0 Å². The number of carbonyl (C=O) groups is 1. The second kappa shape index (κ2) is 7.62. The topological polar surface area (TPSA) is 115 Å². The lowest BCUT2D eigenvalue weighted by molar-refractivity contribution is 0.0932. The quantitative estimate of drug-likeness (QED) is 0.520. The molecule has 156 valence electrons. The van der Waals surface area contributed by atoms with Crippen LogP contribution in [0.25, 0.3) is 22.5 Å². The molecule has 0 bridgehead atoms. The molecule has 0 spiro atoms. The number of imidazole rings is 1. The first-order valence-corrected chi connectivity index (χ1v) is 9.58. The number of fused-ring (bicyclic) bond motifs is 1. The Bertz CT molecular complexity index is 1150. The first kappa shape index (κ1) is 19.6. The van der Waals surface area contributed by atoms with Crippen molar-refractivity contribution in [1.82, 2.24) is 34.4 Å². The summed E-state index contributed by atoms with van der Waals surface area (Å²) in [5.74, 6) is 0.609. The summed E-state index contributed by atoms with van der Waals surface area (Å²) < 4.78 is 9.32. The van der Waals surface area contributed by atoms with Gasteiger partial charge in [-0.25, -0.2) is 9.78 Å².